The predicted molar refractivity (Wildman–Crippen MR) is 65.0 cm³/mol. The molecule has 1 saturated heterocycles. The van der Waals surface area contributed by atoms with Crippen LogP contribution in [0.4, 0.5) is 0 Å². The summed E-state index contributed by atoms with van der Waals surface area (Å²) in [7, 11) is 0. The average Bonchev–Trinajstić information content (AvgIpc) is 2.35. The number of ether oxygens (including phenoxy) is 2. The molecule has 5 atom stereocenters. The SMILES string of the molecule is CC(=O)OC[C@@H]1OC(O)[C@H](CC(=O)O)[C@@H](O)[C@@H]1CC(=O)O. The molecule has 0 aromatic rings. The summed E-state index contributed by atoms with van der Waals surface area (Å²) >= 11 is 0. The van der Waals surface area contributed by atoms with Crippen molar-refractivity contribution in [3.63, 3.8) is 0 Å². The monoisotopic (exact) mass is 306 g/mol. The molecule has 120 valence electrons. The van der Waals surface area contributed by atoms with Crippen molar-refractivity contribution in [3.8, 4) is 0 Å². The van der Waals surface area contributed by atoms with Crippen molar-refractivity contribution in [2.24, 2.45) is 11.8 Å². The topological polar surface area (TPSA) is 151 Å². The average molecular weight is 306 g/mol. The molecule has 0 bridgehead atoms. The summed E-state index contributed by atoms with van der Waals surface area (Å²) in [5.74, 6) is -5.24. The van der Waals surface area contributed by atoms with Gasteiger partial charge in [0.2, 0.25) is 0 Å². The maximum atomic E-state index is 10.9. The molecule has 1 heterocycles. The number of aliphatic carboxylic acids is 2. The third-order valence-corrected chi connectivity index (χ3v) is 3.31. The van der Waals surface area contributed by atoms with E-state index in [4.69, 9.17) is 19.7 Å². The van der Waals surface area contributed by atoms with Gasteiger partial charge in [-0.15, -0.1) is 0 Å². The first kappa shape index (κ1) is 17.3. The minimum atomic E-state index is -1.58. The second-order valence-electron chi connectivity index (χ2n) is 4.88. The van der Waals surface area contributed by atoms with Gasteiger partial charge in [-0.2, -0.15) is 0 Å². The van der Waals surface area contributed by atoms with Crippen LogP contribution in [0.1, 0.15) is 19.8 Å². The van der Waals surface area contributed by atoms with E-state index in [0.29, 0.717) is 0 Å². The molecule has 0 spiro atoms. The zero-order chi connectivity index (χ0) is 16.2. The van der Waals surface area contributed by atoms with E-state index in [0.717, 1.165) is 6.92 Å². The summed E-state index contributed by atoms with van der Waals surface area (Å²) in [6, 6.07) is 0. The summed E-state index contributed by atoms with van der Waals surface area (Å²) in [6.45, 7) is 0.816. The predicted octanol–water partition coefficient (Wildman–Crippen LogP) is -1.19. The molecule has 4 N–H and O–H groups in total. The first-order valence-corrected chi connectivity index (χ1v) is 6.31. The van der Waals surface area contributed by atoms with Gasteiger partial charge >= 0.3 is 17.9 Å². The van der Waals surface area contributed by atoms with Crippen molar-refractivity contribution in [1.29, 1.82) is 0 Å². The summed E-state index contributed by atoms with van der Waals surface area (Å²) in [5, 5.41) is 37.5. The molecule has 1 unspecified atom stereocenters. The largest absolute Gasteiger partial charge is 0.481 e. The zero-order valence-corrected chi connectivity index (χ0v) is 11.3. The Kier molecular flexibility index (Phi) is 6.06. The van der Waals surface area contributed by atoms with Crippen LogP contribution in [0.3, 0.4) is 0 Å². The van der Waals surface area contributed by atoms with Crippen LogP contribution in [0.5, 0.6) is 0 Å². The number of esters is 1. The van der Waals surface area contributed by atoms with E-state index in [1.54, 1.807) is 0 Å². The number of aliphatic hydroxyl groups is 2. The van der Waals surface area contributed by atoms with Crippen molar-refractivity contribution in [2.75, 3.05) is 6.61 Å². The third-order valence-electron chi connectivity index (χ3n) is 3.31. The van der Waals surface area contributed by atoms with Gasteiger partial charge in [0.15, 0.2) is 6.29 Å². The van der Waals surface area contributed by atoms with Gasteiger partial charge in [-0.05, 0) is 0 Å². The highest BCUT2D eigenvalue weighted by Gasteiger charge is 2.46. The van der Waals surface area contributed by atoms with E-state index in [9.17, 15) is 24.6 Å². The van der Waals surface area contributed by atoms with E-state index in [2.05, 4.69) is 0 Å². The van der Waals surface area contributed by atoms with Gasteiger partial charge in [-0.1, -0.05) is 0 Å². The lowest BCUT2D eigenvalue weighted by molar-refractivity contribution is -0.259. The molecule has 0 aliphatic carbocycles. The van der Waals surface area contributed by atoms with Gasteiger partial charge in [0.1, 0.15) is 12.7 Å². The molecule has 9 heteroatoms. The Morgan fingerprint density at radius 3 is 2.05 bits per heavy atom. The minimum Gasteiger partial charge on any atom is -0.481 e. The van der Waals surface area contributed by atoms with Crippen LogP contribution in [-0.2, 0) is 23.9 Å². The number of hydrogen-bond donors (Lipinski definition) is 4. The summed E-state index contributed by atoms with van der Waals surface area (Å²) in [5.41, 5.74) is 0. The summed E-state index contributed by atoms with van der Waals surface area (Å²) < 4.78 is 9.84. The first-order valence-electron chi connectivity index (χ1n) is 6.31. The fraction of sp³-hybridized carbons (Fsp3) is 0.750. The second kappa shape index (κ2) is 7.34. The second-order valence-corrected chi connectivity index (χ2v) is 4.88. The van der Waals surface area contributed by atoms with Crippen LogP contribution in [0.2, 0.25) is 0 Å². The fourth-order valence-electron chi connectivity index (χ4n) is 2.33. The molecule has 9 nitrogen and oxygen atoms in total. The molecular formula is C12H18O9. The summed E-state index contributed by atoms with van der Waals surface area (Å²) in [4.78, 5) is 32.4. The van der Waals surface area contributed by atoms with Crippen LogP contribution >= 0.6 is 0 Å². The Morgan fingerprint density at radius 2 is 1.57 bits per heavy atom. The molecule has 0 saturated carbocycles. The van der Waals surface area contributed by atoms with Gasteiger partial charge in [0.25, 0.3) is 0 Å². The molecular weight excluding hydrogens is 288 g/mol. The van der Waals surface area contributed by atoms with E-state index in [-0.39, 0.29) is 6.61 Å². The van der Waals surface area contributed by atoms with Crippen molar-refractivity contribution in [2.45, 2.75) is 38.3 Å². The van der Waals surface area contributed by atoms with Crippen LogP contribution in [0.25, 0.3) is 0 Å². The lowest BCUT2D eigenvalue weighted by Gasteiger charge is -2.42. The van der Waals surface area contributed by atoms with Gasteiger partial charge in [-0.25, -0.2) is 0 Å². The number of aliphatic hydroxyl groups excluding tert-OH is 2. The Morgan fingerprint density at radius 1 is 1.05 bits per heavy atom. The molecule has 0 radical (unpaired) electrons. The first-order chi connectivity index (χ1) is 9.72. The highest BCUT2D eigenvalue weighted by atomic mass is 16.6. The Balaban J connectivity index is 2.86. The maximum absolute atomic E-state index is 10.9. The molecule has 0 aromatic carbocycles. The maximum Gasteiger partial charge on any atom is 0.303 e. The van der Waals surface area contributed by atoms with Gasteiger partial charge in [0, 0.05) is 18.8 Å². The summed E-state index contributed by atoms with van der Waals surface area (Å²) in [6.07, 6.45) is -5.09. The number of carbonyl (C=O) groups excluding carboxylic acids is 1. The van der Waals surface area contributed by atoms with E-state index < -0.39 is 61.1 Å². The Labute approximate surface area is 120 Å². The van der Waals surface area contributed by atoms with Crippen molar-refractivity contribution in [3.05, 3.63) is 0 Å². The Bertz CT molecular complexity index is 406. The zero-order valence-electron chi connectivity index (χ0n) is 11.3. The van der Waals surface area contributed by atoms with Crippen molar-refractivity contribution >= 4 is 17.9 Å². The highest BCUT2D eigenvalue weighted by Crippen LogP contribution is 2.33. The molecule has 1 aliphatic rings. The molecule has 1 rings (SSSR count). The van der Waals surface area contributed by atoms with E-state index in [1.165, 1.54) is 0 Å². The van der Waals surface area contributed by atoms with Gasteiger partial charge in [-0.3, -0.25) is 14.4 Å². The lowest BCUT2D eigenvalue weighted by atomic mass is 9.80. The van der Waals surface area contributed by atoms with E-state index >= 15 is 0 Å². The van der Waals surface area contributed by atoms with Gasteiger partial charge in [0.05, 0.1) is 18.9 Å². The molecule has 1 aliphatic heterocycles. The van der Waals surface area contributed by atoms with E-state index in [1.807, 2.05) is 0 Å². The molecule has 1 fully saturated rings. The normalized spacial score (nSPS) is 32.4. The van der Waals surface area contributed by atoms with Crippen LogP contribution < -0.4 is 0 Å². The van der Waals surface area contributed by atoms with Crippen LogP contribution in [0.15, 0.2) is 0 Å². The fourth-order valence-corrected chi connectivity index (χ4v) is 2.33. The molecule has 0 amide bonds. The number of carbonyl (C=O) groups is 3. The molecule has 0 aromatic heterocycles. The number of carboxylic acids is 2. The standard InChI is InChI=1S/C12H18O9/c1-5(13)20-4-8-6(2-9(14)15)11(18)7(3-10(16)17)12(19)21-8/h6-8,11-12,18-19H,2-4H2,1H3,(H,14,15)(H,16,17)/t6-,7-,8+,11+,12?/m1/s1. The highest BCUT2D eigenvalue weighted by molar-refractivity contribution is 5.68. The number of hydrogen-bond acceptors (Lipinski definition) is 7. The smallest absolute Gasteiger partial charge is 0.303 e. The van der Waals surface area contributed by atoms with Gasteiger partial charge < -0.3 is 29.9 Å². The van der Waals surface area contributed by atoms with Crippen LogP contribution in [-0.4, -0.2) is 63.4 Å². The van der Waals surface area contributed by atoms with Crippen molar-refractivity contribution in [1.82, 2.24) is 0 Å². The number of rotatable bonds is 6. The quantitative estimate of drug-likeness (QED) is 0.444. The lowest BCUT2D eigenvalue weighted by Crippen LogP contribution is -2.53. The Hall–Kier alpha value is -1.71. The van der Waals surface area contributed by atoms with Crippen LogP contribution in [0, 0.1) is 11.8 Å². The third kappa shape index (κ3) is 4.96. The molecule has 21 heavy (non-hydrogen) atoms. The minimum absolute atomic E-state index is 0.332. The number of carboxylic acid groups (broad SMARTS) is 2. The van der Waals surface area contributed by atoms with Crippen molar-refractivity contribution < 1.29 is 44.3 Å².